The number of aryl methyl sites for hydroxylation is 1. The topological polar surface area (TPSA) is 79.8 Å². The molecule has 0 bridgehead atoms. The highest BCUT2D eigenvalue weighted by Crippen LogP contribution is 2.31. The number of nitrogens with zero attached hydrogens (tertiary/aromatic N) is 4. The van der Waals surface area contributed by atoms with Crippen molar-refractivity contribution in [3.8, 4) is 0 Å². The highest BCUT2D eigenvalue weighted by molar-refractivity contribution is 5.70. The number of anilines is 2. The monoisotopic (exact) mass is 347 g/mol. The molecule has 1 spiro atoms. The van der Waals surface area contributed by atoms with E-state index >= 15 is 0 Å². The fraction of sp³-hybridized carbons (Fsp3) is 0.706. The number of alkyl carbamates (subject to hydrolysis) is 1. The predicted octanol–water partition coefficient (Wildman–Crippen LogP) is 0.954. The number of carbonyl (C=O) groups excluding carboxylic acids is 1. The van der Waals surface area contributed by atoms with Crippen molar-refractivity contribution >= 4 is 17.9 Å². The fourth-order valence-electron chi connectivity index (χ4n) is 3.64. The van der Waals surface area contributed by atoms with E-state index < -0.39 is 0 Å². The van der Waals surface area contributed by atoms with Gasteiger partial charge in [-0.25, -0.2) is 9.78 Å². The van der Waals surface area contributed by atoms with Gasteiger partial charge in [-0.15, -0.1) is 0 Å². The molecule has 3 aliphatic rings. The van der Waals surface area contributed by atoms with Crippen molar-refractivity contribution in [1.29, 1.82) is 0 Å². The van der Waals surface area contributed by atoms with Gasteiger partial charge in [-0.2, -0.15) is 4.98 Å². The van der Waals surface area contributed by atoms with E-state index in [9.17, 15) is 4.79 Å². The summed E-state index contributed by atoms with van der Waals surface area (Å²) in [6, 6.07) is 2.08. The lowest BCUT2D eigenvalue weighted by atomic mass is 9.91. The predicted molar refractivity (Wildman–Crippen MR) is 93.1 cm³/mol. The molecule has 136 valence electrons. The van der Waals surface area contributed by atoms with E-state index in [0.29, 0.717) is 6.54 Å². The minimum Gasteiger partial charge on any atom is -0.441 e. The van der Waals surface area contributed by atoms with Gasteiger partial charge in [0.15, 0.2) is 0 Å². The molecule has 1 N–H and O–H groups in total. The average molecular weight is 347 g/mol. The SMILES string of the molecule is CCc1cc(N2CCC3(CC2)CNC(=O)O3)nc(N2CCOCC2)n1. The maximum absolute atomic E-state index is 11.4. The highest BCUT2D eigenvalue weighted by atomic mass is 16.6. The van der Waals surface area contributed by atoms with E-state index in [1.165, 1.54) is 0 Å². The summed E-state index contributed by atoms with van der Waals surface area (Å²) < 4.78 is 10.9. The molecule has 1 aromatic heterocycles. The van der Waals surface area contributed by atoms with Crippen LogP contribution in [0.25, 0.3) is 0 Å². The zero-order valence-corrected chi connectivity index (χ0v) is 14.7. The average Bonchev–Trinajstić information content (AvgIpc) is 3.03. The Morgan fingerprint density at radius 1 is 1.16 bits per heavy atom. The summed E-state index contributed by atoms with van der Waals surface area (Å²) in [4.78, 5) is 25.4. The first-order valence-electron chi connectivity index (χ1n) is 9.10. The third-order valence-electron chi connectivity index (χ3n) is 5.27. The minimum atomic E-state index is -0.332. The van der Waals surface area contributed by atoms with Crippen LogP contribution in [0.5, 0.6) is 0 Å². The molecule has 25 heavy (non-hydrogen) atoms. The van der Waals surface area contributed by atoms with E-state index in [1.54, 1.807) is 0 Å². The molecule has 8 nitrogen and oxygen atoms in total. The number of nitrogens with one attached hydrogen (secondary N) is 1. The third kappa shape index (κ3) is 3.35. The second-order valence-corrected chi connectivity index (χ2v) is 6.88. The Morgan fingerprint density at radius 3 is 2.56 bits per heavy atom. The smallest absolute Gasteiger partial charge is 0.407 e. The minimum absolute atomic E-state index is 0.293. The standard InChI is InChI=1S/C17H25N5O3/c1-2-13-11-14(20-15(19-13)22-7-9-24-10-8-22)21-5-3-17(4-6-21)12-18-16(23)25-17/h11H,2-10,12H2,1H3,(H,18,23). The quantitative estimate of drug-likeness (QED) is 0.872. The lowest BCUT2D eigenvalue weighted by molar-refractivity contribution is 0.0366. The van der Waals surface area contributed by atoms with Crippen molar-refractivity contribution in [3.05, 3.63) is 11.8 Å². The normalized spacial score (nSPS) is 22.8. The Kier molecular flexibility index (Phi) is 4.37. The number of aromatic nitrogens is 2. The van der Waals surface area contributed by atoms with Crippen molar-refractivity contribution in [2.24, 2.45) is 0 Å². The summed E-state index contributed by atoms with van der Waals surface area (Å²) >= 11 is 0. The maximum Gasteiger partial charge on any atom is 0.407 e. The van der Waals surface area contributed by atoms with Crippen molar-refractivity contribution < 1.29 is 14.3 Å². The first-order valence-corrected chi connectivity index (χ1v) is 9.10. The summed E-state index contributed by atoms with van der Waals surface area (Å²) in [6.45, 7) is 7.50. The number of morpholine rings is 1. The van der Waals surface area contributed by atoms with Crippen molar-refractivity contribution in [2.75, 3.05) is 55.7 Å². The van der Waals surface area contributed by atoms with Gasteiger partial charge in [-0.3, -0.25) is 0 Å². The molecule has 0 saturated carbocycles. The molecule has 4 heterocycles. The van der Waals surface area contributed by atoms with Gasteiger partial charge in [0, 0.05) is 50.8 Å². The summed E-state index contributed by atoms with van der Waals surface area (Å²) in [5.74, 6) is 1.77. The molecule has 8 heteroatoms. The van der Waals surface area contributed by atoms with Crippen LogP contribution in [0, 0.1) is 0 Å². The lowest BCUT2D eigenvalue weighted by Crippen LogP contribution is -2.47. The van der Waals surface area contributed by atoms with Crippen LogP contribution in [0.1, 0.15) is 25.5 Å². The first-order chi connectivity index (χ1) is 12.2. The largest absolute Gasteiger partial charge is 0.441 e. The van der Waals surface area contributed by atoms with Crippen LogP contribution >= 0.6 is 0 Å². The first kappa shape index (κ1) is 16.4. The van der Waals surface area contributed by atoms with E-state index in [4.69, 9.17) is 19.4 Å². The number of hydrogen-bond acceptors (Lipinski definition) is 7. The van der Waals surface area contributed by atoms with E-state index in [-0.39, 0.29) is 11.7 Å². The Labute approximate surface area is 147 Å². The second-order valence-electron chi connectivity index (χ2n) is 6.88. The van der Waals surface area contributed by atoms with Gasteiger partial charge in [-0.1, -0.05) is 6.92 Å². The number of rotatable bonds is 3. The molecular weight excluding hydrogens is 322 g/mol. The van der Waals surface area contributed by atoms with Crippen molar-refractivity contribution in [2.45, 2.75) is 31.8 Å². The Bertz CT molecular complexity index is 639. The van der Waals surface area contributed by atoms with Crippen LogP contribution in [0.3, 0.4) is 0 Å². The second kappa shape index (κ2) is 6.67. The molecular formula is C17H25N5O3. The van der Waals surface area contributed by atoms with Gasteiger partial charge in [-0.05, 0) is 6.42 Å². The Hall–Kier alpha value is -2.09. The molecule has 3 saturated heterocycles. The van der Waals surface area contributed by atoms with Crippen LogP contribution < -0.4 is 15.1 Å². The molecule has 0 radical (unpaired) electrons. The van der Waals surface area contributed by atoms with Gasteiger partial charge in [0.05, 0.1) is 19.8 Å². The van der Waals surface area contributed by atoms with Gasteiger partial charge >= 0.3 is 6.09 Å². The number of ether oxygens (including phenoxy) is 2. The van der Waals surface area contributed by atoms with Gasteiger partial charge in [0.25, 0.3) is 0 Å². The van der Waals surface area contributed by atoms with E-state index in [1.807, 2.05) is 0 Å². The Morgan fingerprint density at radius 2 is 1.92 bits per heavy atom. The molecule has 0 unspecified atom stereocenters. The van der Waals surface area contributed by atoms with Crippen molar-refractivity contribution in [1.82, 2.24) is 15.3 Å². The van der Waals surface area contributed by atoms with Crippen LogP contribution in [0.2, 0.25) is 0 Å². The molecule has 3 aliphatic heterocycles. The number of hydrogen-bond donors (Lipinski definition) is 1. The van der Waals surface area contributed by atoms with Crippen LogP contribution in [-0.2, 0) is 15.9 Å². The van der Waals surface area contributed by atoms with Crippen molar-refractivity contribution in [3.63, 3.8) is 0 Å². The maximum atomic E-state index is 11.4. The summed E-state index contributed by atoms with van der Waals surface area (Å²) in [5.41, 5.74) is 0.724. The summed E-state index contributed by atoms with van der Waals surface area (Å²) in [7, 11) is 0. The third-order valence-corrected chi connectivity index (χ3v) is 5.27. The lowest BCUT2D eigenvalue weighted by Gasteiger charge is -2.38. The van der Waals surface area contributed by atoms with Gasteiger partial charge < -0.3 is 24.6 Å². The molecule has 0 aliphatic carbocycles. The van der Waals surface area contributed by atoms with E-state index in [0.717, 1.165) is 76.1 Å². The van der Waals surface area contributed by atoms with Crippen LogP contribution in [0.4, 0.5) is 16.6 Å². The van der Waals surface area contributed by atoms with Crippen LogP contribution in [-0.4, -0.2) is 67.6 Å². The zero-order chi connectivity index (χ0) is 17.3. The summed E-state index contributed by atoms with van der Waals surface area (Å²) in [5, 5.41) is 2.78. The highest BCUT2D eigenvalue weighted by Gasteiger charge is 2.43. The molecule has 1 amide bonds. The molecule has 3 fully saturated rings. The summed E-state index contributed by atoms with van der Waals surface area (Å²) in [6.07, 6.45) is 2.23. The van der Waals surface area contributed by atoms with Crippen LogP contribution in [0.15, 0.2) is 6.07 Å². The zero-order valence-electron chi connectivity index (χ0n) is 14.7. The number of amides is 1. The van der Waals surface area contributed by atoms with Gasteiger partial charge in [0.1, 0.15) is 11.4 Å². The Balaban J connectivity index is 1.51. The molecule has 0 aromatic carbocycles. The fourth-order valence-corrected chi connectivity index (χ4v) is 3.64. The van der Waals surface area contributed by atoms with E-state index in [2.05, 4.69) is 28.1 Å². The number of piperidine rings is 1. The molecule has 0 atom stereocenters. The number of carbonyl (C=O) groups is 1. The van der Waals surface area contributed by atoms with Gasteiger partial charge in [0.2, 0.25) is 5.95 Å². The molecule has 4 rings (SSSR count). The molecule has 1 aromatic rings.